The first-order valence-electron chi connectivity index (χ1n) is 7.87. The Kier molecular flexibility index (Phi) is 4.96. The van der Waals surface area contributed by atoms with Gasteiger partial charge in [-0.2, -0.15) is 0 Å². The molecule has 2 aromatic carbocycles. The van der Waals surface area contributed by atoms with Gasteiger partial charge in [-0.05, 0) is 42.3 Å². The molecule has 0 atom stereocenters. The molecule has 1 amide bonds. The third-order valence-electron chi connectivity index (χ3n) is 3.57. The number of nitrogens with zero attached hydrogens (tertiary/aromatic N) is 2. The minimum absolute atomic E-state index is 0.129. The van der Waals surface area contributed by atoms with Crippen LogP contribution in [0, 0.1) is 0 Å². The van der Waals surface area contributed by atoms with Crippen molar-refractivity contribution in [2.45, 2.75) is 13.3 Å². The molecule has 1 aliphatic rings. The summed E-state index contributed by atoms with van der Waals surface area (Å²) < 4.78 is 0. The first kappa shape index (κ1) is 16.3. The van der Waals surface area contributed by atoms with E-state index in [0.29, 0.717) is 23.2 Å². The van der Waals surface area contributed by atoms with E-state index in [4.69, 9.17) is 11.6 Å². The molecule has 4 nitrogen and oxygen atoms in total. The van der Waals surface area contributed by atoms with Gasteiger partial charge in [0.1, 0.15) is 5.70 Å². The summed E-state index contributed by atoms with van der Waals surface area (Å²) in [5, 5.41) is 3.77. The van der Waals surface area contributed by atoms with Crippen LogP contribution in [-0.2, 0) is 4.79 Å². The highest BCUT2D eigenvalue weighted by Gasteiger charge is 2.33. The zero-order valence-corrected chi connectivity index (χ0v) is 14.1. The Morgan fingerprint density at radius 3 is 2.50 bits per heavy atom. The topological polar surface area (TPSA) is 44.7 Å². The lowest BCUT2D eigenvalue weighted by molar-refractivity contribution is -0.113. The number of benzene rings is 2. The van der Waals surface area contributed by atoms with Crippen molar-refractivity contribution in [2.24, 2.45) is 4.99 Å². The predicted octanol–water partition coefficient (Wildman–Crippen LogP) is 4.08. The second-order valence-corrected chi connectivity index (χ2v) is 5.85. The quantitative estimate of drug-likeness (QED) is 0.853. The molecule has 0 spiro atoms. The Morgan fingerprint density at radius 2 is 1.83 bits per heavy atom. The van der Waals surface area contributed by atoms with Gasteiger partial charge in [0.15, 0.2) is 0 Å². The number of rotatable bonds is 4. The second kappa shape index (κ2) is 7.32. The van der Waals surface area contributed by atoms with E-state index in [1.807, 2.05) is 55.5 Å². The molecule has 1 N–H and O–H groups in total. The van der Waals surface area contributed by atoms with Crippen LogP contribution in [0.1, 0.15) is 18.9 Å². The summed E-state index contributed by atoms with van der Waals surface area (Å²) in [4.78, 5) is 18.9. The van der Waals surface area contributed by atoms with E-state index in [0.717, 1.165) is 17.7 Å². The van der Waals surface area contributed by atoms with Crippen LogP contribution in [0.15, 0.2) is 65.3 Å². The van der Waals surface area contributed by atoms with Crippen molar-refractivity contribution in [2.75, 3.05) is 11.4 Å². The van der Waals surface area contributed by atoms with Gasteiger partial charge in [0, 0.05) is 11.6 Å². The molecule has 1 saturated heterocycles. The van der Waals surface area contributed by atoms with E-state index in [9.17, 15) is 4.79 Å². The third-order valence-corrected chi connectivity index (χ3v) is 3.82. The van der Waals surface area contributed by atoms with Gasteiger partial charge in [-0.3, -0.25) is 9.79 Å². The number of amides is 1. The van der Waals surface area contributed by atoms with Crippen LogP contribution in [-0.4, -0.2) is 18.4 Å². The molecule has 1 aliphatic heterocycles. The van der Waals surface area contributed by atoms with Gasteiger partial charge in [0.05, 0.1) is 5.69 Å². The molecular weight excluding hydrogens is 322 g/mol. The van der Waals surface area contributed by atoms with Gasteiger partial charge in [-0.15, -0.1) is 0 Å². The van der Waals surface area contributed by atoms with Crippen LogP contribution in [0.25, 0.3) is 6.08 Å². The number of carbonyl (C=O) groups excluding carboxylic acids is 1. The van der Waals surface area contributed by atoms with Crippen molar-refractivity contribution in [1.82, 2.24) is 5.32 Å². The van der Waals surface area contributed by atoms with Gasteiger partial charge in [-0.1, -0.05) is 48.9 Å². The lowest BCUT2D eigenvalue weighted by Crippen LogP contribution is -2.32. The Labute approximate surface area is 146 Å². The molecule has 5 heteroatoms. The zero-order valence-electron chi connectivity index (χ0n) is 13.4. The third kappa shape index (κ3) is 3.49. The van der Waals surface area contributed by atoms with Crippen LogP contribution in [0.3, 0.4) is 0 Å². The van der Waals surface area contributed by atoms with E-state index < -0.39 is 0 Å². The molecule has 0 aromatic heterocycles. The van der Waals surface area contributed by atoms with Gasteiger partial charge in [0.25, 0.3) is 5.91 Å². The van der Waals surface area contributed by atoms with Gasteiger partial charge in [-0.25, -0.2) is 4.90 Å². The normalized spacial score (nSPS) is 17.6. The summed E-state index contributed by atoms with van der Waals surface area (Å²) >= 11 is 5.95. The van der Waals surface area contributed by atoms with Crippen LogP contribution in [0.2, 0.25) is 5.02 Å². The standard InChI is InChI=1S/C19H18ClN3O/c1-2-12-21-19-22-17(13-14-6-4-3-5-7-14)18(24)23(19)16-10-8-15(20)9-11-16/h3-11,13H,2,12H2,1H3,(H,21,22). The second-order valence-electron chi connectivity index (χ2n) is 5.42. The molecule has 122 valence electrons. The molecule has 0 bridgehead atoms. The highest BCUT2D eigenvalue weighted by Crippen LogP contribution is 2.24. The Morgan fingerprint density at radius 1 is 1.12 bits per heavy atom. The summed E-state index contributed by atoms with van der Waals surface area (Å²) in [5.74, 6) is 0.419. The van der Waals surface area contributed by atoms with Gasteiger partial charge >= 0.3 is 0 Å². The average molecular weight is 340 g/mol. The molecule has 3 rings (SSSR count). The molecule has 1 fully saturated rings. The number of carbonyl (C=O) groups is 1. The number of hydrogen-bond acceptors (Lipinski definition) is 2. The number of nitrogens with one attached hydrogen (secondary N) is 1. The Hall–Kier alpha value is -2.59. The monoisotopic (exact) mass is 339 g/mol. The smallest absolute Gasteiger partial charge is 0.281 e. The largest absolute Gasteiger partial charge is 0.321 e. The van der Waals surface area contributed by atoms with Crippen molar-refractivity contribution in [3.8, 4) is 0 Å². The van der Waals surface area contributed by atoms with Crippen molar-refractivity contribution < 1.29 is 4.79 Å². The first-order valence-corrected chi connectivity index (χ1v) is 8.25. The number of aliphatic imine (C=N–C) groups is 1. The molecule has 0 unspecified atom stereocenters. The molecule has 0 radical (unpaired) electrons. The maximum Gasteiger partial charge on any atom is 0.281 e. The highest BCUT2D eigenvalue weighted by atomic mass is 35.5. The molecule has 0 saturated carbocycles. The molecule has 24 heavy (non-hydrogen) atoms. The molecule has 1 heterocycles. The van der Waals surface area contributed by atoms with Crippen molar-refractivity contribution >= 4 is 35.2 Å². The van der Waals surface area contributed by atoms with Crippen LogP contribution in [0.4, 0.5) is 5.69 Å². The maximum atomic E-state index is 12.9. The number of hydrogen-bond donors (Lipinski definition) is 1. The van der Waals surface area contributed by atoms with Crippen molar-refractivity contribution in [1.29, 1.82) is 0 Å². The lowest BCUT2D eigenvalue weighted by atomic mass is 10.2. The fraction of sp³-hybridized carbons (Fsp3) is 0.158. The van der Waals surface area contributed by atoms with Crippen LogP contribution < -0.4 is 10.2 Å². The van der Waals surface area contributed by atoms with E-state index in [1.54, 1.807) is 17.0 Å². The Balaban J connectivity index is 1.97. The number of guanidine groups is 1. The fourth-order valence-electron chi connectivity index (χ4n) is 2.42. The van der Waals surface area contributed by atoms with Crippen molar-refractivity contribution in [3.05, 3.63) is 70.9 Å². The predicted molar refractivity (Wildman–Crippen MR) is 99.1 cm³/mol. The SMILES string of the molecule is CCCN=C1NC(=Cc2ccccc2)C(=O)N1c1ccc(Cl)cc1. The van der Waals surface area contributed by atoms with E-state index in [-0.39, 0.29) is 5.91 Å². The van der Waals surface area contributed by atoms with Crippen LogP contribution >= 0.6 is 11.6 Å². The minimum Gasteiger partial charge on any atom is -0.321 e. The minimum atomic E-state index is -0.129. The van der Waals surface area contributed by atoms with Crippen LogP contribution in [0.5, 0.6) is 0 Å². The first-order chi connectivity index (χ1) is 11.7. The lowest BCUT2D eigenvalue weighted by Gasteiger charge is -2.15. The summed E-state index contributed by atoms with van der Waals surface area (Å²) in [5.41, 5.74) is 2.20. The fourth-order valence-corrected chi connectivity index (χ4v) is 2.54. The molecular formula is C19H18ClN3O. The summed E-state index contributed by atoms with van der Waals surface area (Å²) in [6, 6.07) is 16.9. The molecule has 2 aromatic rings. The maximum absolute atomic E-state index is 12.9. The summed E-state index contributed by atoms with van der Waals surface area (Å²) in [7, 11) is 0. The van der Waals surface area contributed by atoms with Crippen molar-refractivity contribution in [3.63, 3.8) is 0 Å². The summed E-state index contributed by atoms with van der Waals surface area (Å²) in [6.45, 7) is 2.70. The summed E-state index contributed by atoms with van der Waals surface area (Å²) in [6.07, 6.45) is 2.74. The van der Waals surface area contributed by atoms with E-state index in [1.165, 1.54) is 0 Å². The van der Waals surface area contributed by atoms with Gasteiger partial charge < -0.3 is 5.32 Å². The van der Waals surface area contributed by atoms with E-state index >= 15 is 0 Å². The molecule has 0 aliphatic carbocycles. The number of halogens is 1. The zero-order chi connectivity index (χ0) is 16.9. The highest BCUT2D eigenvalue weighted by molar-refractivity contribution is 6.31. The van der Waals surface area contributed by atoms with E-state index in [2.05, 4.69) is 10.3 Å². The number of anilines is 1. The Bertz CT molecular complexity index is 782. The van der Waals surface area contributed by atoms with Gasteiger partial charge in [0.2, 0.25) is 5.96 Å². The average Bonchev–Trinajstić information content (AvgIpc) is 2.90.